The minimum Gasteiger partial charge on any atom is -0.381 e. The van der Waals surface area contributed by atoms with Gasteiger partial charge in [0.2, 0.25) is 0 Å². The predicted octanol–water partition coefficient (Wildman–Crippen LogP) is 2.19. The zero-order chi connectivity index (χ0) is 6.95. The predicted molar refractivity (Wildman–Crippen MR) is 40.2 cm³/mol. The zero-order valence-corrected chi connectivity index (χ0v) is 6.10. The van der Waals surface area contributed by atoms with E-state index in [4.69, 9.17) is 4.74 Å². The molecule has 0 saturated carbocycles. The van der Waals surface area contributed by atoms with Crippen molar-refractivity contribution in [1.82, 2.24) is 0 Å². The topological polar surface area (TPSA) is 9.23 Å². The third-order valence-electron chi connectivity index (χ3n) is 1.04. The Morgan fingerprint density at radius 1 is 1.56 bits per heavy atom. The molecule has 0 rings (SSSR count). The summed E-state index contributed by atoms with van der Waals surface area (Å²) in [6.45, 7) is 7.03. The molecule has 1 nitrogen and oxygen atoms in total. The molecule has 1 radical (unpaired) electrons. The Bertz CT molecular complexity index is 67.0. The first-order valence-electron chi connectivity index (χ1n) is 3.40. The molecule has 9 heavy (non-hydrogen) atoms. The third-order valence-corrected chi connectivity index (χ3v) is 1.04. The molecule has 0 atom stereocenters. The second kappa shape index (κ2) is 7.70. The van der Waals surface area contributed by atoms with Gasteiger partial charge in [-0.1, -0.05) is 12.2 Å². The maximum absolute atomic E-state index is 5.04. The van der Waals surface area contributed by atoms with Crippen LogP contribution >= 0.6 is 0 Å². The van der Waals surface area contributed by atoms with Crippen molar-refractivity contribution in [2.24, 2.45) is 0 Å². The molecule has 0 amide bonds. The van der Waals surface area contributed by atoms with E-state index in [1.54, 1.807) is 0 Å². The molecule has 0 aromatic rings. The van der Waals surface area contributed by atoms with Gasteiger partial charge in [0.15, 0.2) is 0 Å². The number of rotatable bonds is 5. The van der Waals surface area contributed by atoms with Crippen LogP contribution in [0.25, 0.3) is 0 Å². The van der Waals surface area contributed by atoms with Gasteiger partial charge in [0, 0.05) is 13.2 Å². The average molecular weight is 127 g/mol. The summed E-state index contributed by atoms with van der Waals surface area (Å²) in [7, 11) is 0. The Kier molecular flexibility index (Phi) is 7.44. The van der Waals surface area contributed by atoms with Crippen LogP contribution in [-0.2, 0) is 4.74 Å². The van der Waals surface area contributed by atoms with Gasteiger partial charge in [-0.05, 0) is 26.7 Å². The first-order chi connectivity index (χ1) is 4.41. The van der Waals surface area contributed by atoms with Crippen molar-refractivity contribution in [2.75, 3.05) is 13.2 Å². The fourth-order valence-corrected chi connectivity index (χ4v) is 0.572. The van der Waals surface area contributed by atoms with Crippen molar-refractivity contribution in [3.63, 3.8) is 0 Å². The zero-order valence-electron chi connectivity index (χ0n) is 6.10. The molecule has 0 fully saturated rings. The molecule has 0 N–H and O–H groups in total. The number of allylic oxidation sites excluding steroid dienone is 2. The molecule has 1 heteroatoms. The van der Waals surface area contributed by atoms with Crippen LogP contribution in [0.4, 0.5) is 0 Å². The summed E-state index contributed by atoms with van der Waals surface area (Å²) < 4.78 is 5.04. The van der Waals surface area contributed by atoms with Gasteiger partial charge in [0.25, 0.3) is 0 Å². The van der Waals surface area contributed by atoms with E-state index in [0.29, 0.717) is 6.61 Å². The Morgan fingerprint density at radius 2 is 2.33 bits per heavy atom. The summed E-state index contributed by atoms with van der Waals surface area (Å²) in [4.78, 5) is 0. The molecular formula is C8H15O. The van der Waals surface area contributed by atoms with Crippen molar-refractivity contribution >= 4 is 0 Å². The number of hydrogen-bond donors (Lipinski definition) is 0. The Labute approximate surface area is 57.7 Å². The van der Waals surface area contributed by atoms with Crippen LogP contribution in [-0.4, -0.2) is 13.2 Å². The quantitative estimate of drug-likeness (QED) is 0.406. The number of ether oxygens (including phenoxy) is 1. The fourth-order valence-electron chi connectivity index (χ4n) is 0.572. The number of hydrogen-bond acceptors (Lipinski definition) is 1. The molecule has 0 spiro atoms. The van der Waals surface area contributed by atoms with E-state index in [2.05, 4.69) is 19.1 Å². The highest BCUT2D eigenvalue weighted by Crippen LogP contribution is 1.90. The van der Waals surface area contributed by atoms with Gasteiger partial charge in [-0.15, -0.1) is 0 Å². The molecular weight excluding hydrogens is 112 g/mol. The van der Waals surface area contributed by atoms with Gasteiger partial charge in [0.05, 0.1) is 0 Å². The highest BCUT2D eigenvalue weighted by Gasteiger charge is 1.81. The van der Waals surface area contributed by atoms with Gasteiger partial charge in [-0.2, -0.15) is 0 Å². The average Bonchev–Trinajstić information content (AvgIpc) is 1.89. The first kappa shape index (κ1) is 8.70. The molecule has 53 valence electrons. The standard InChI is InChI=1S/C8H15O/c1-3-5-6-7-8-9-4-2/h3,5H,2,4,6-8H2,1H3. The second-order valence-electron chi connectivity index (χ2n) is 1.82. The molecule has 0 aromatic carbocycles. The molecule has 0 heterocycles. The van der Waals surface area contributed by atoms with E-state index < -0.39 is 0 Å². The van der Waals surface area contributed by atoms with Crippen LogP contribution in [0.2, 0.25) is 0 Å². The summed E-state index contributed by atoms with van der Waals surface area (Å²) in [5, 5.41) is 0. The largest absolute Gasteiger partial charge is 0.381 e. The van der Waals surface area contributed by atoms with Crippen LogP contribution in [0, 0.1) is 6.92 Å². The highest BCUT2D eigenvalue weighted by molar-refractivity contribution is 4.75. The summed E-state index contributed by atoms with van der Waals surface area (Å²) in [5.41, 5.74) is 0. The van der Waals surface area contributed by atoms with Gasteiger partial charge in [-0.3, -0.25) is 0 Å². The Hall–Kier alpha value is -0.300. The van der Waals surface area contributed by atoms with E-state index in [-0.39, 0.29) is 0 Å². The molecule has 0 saturated heterocycles. The molecule has 0 bridgehead atoms. The summed E-state index contributed by atoms with van der Waals surface area (Å²) >= 11 is 0. The van der Waals surface area contributed by atoms with Gasteiger partial charge < -0.3 is 4.74 Å². The maximum atomic E-state index is 5.04. The van der Waals surface area contributed by atoms with E-state index >= 15 is 0 Å². The van der Waals surface area contributed by atoms with Gasteiger partial charge in [-0.25, -0.2) is 0 Å². The Morgan fingerprint density at radius 3 is 2.89 bits per heavy atom. The molecule has 0 unspecified atom stereocenters. The van der Waals surface area contributed by atoms with Crippen molar-refractivity contribution in [2.45, 2.75) is 19.8 Å². The van der Waals surface area contributed by atoms with Crippen LogP contribution in [0.3, 0.4) is 0 Å². The van der Waals surface area contributed by atoms with Gasteiger partial charge >= 0.3 is 0 Å². The van der Waals surface area contributed by atoms with E-state index in [1.807, 2.05) is 6.92 Å². The minimum atomic E-state index is 0.593. The SMILES string of the molecule is [CH2]COCCCC=CC. The van der Waals surface area contributed by atoms with Crippen molar-refractivity contribution in [3.8, 4) is 0 Å². The maximum Gasteiger partial charge on any atom is 0.0468 e. The fraction of sp³-hybridized carbons (Fsp3) is 0.625. The van der Waals surface area contributed by atoms with Gasteiger partial charge in [0.1, 0.15) is 0 Å². The summed E-state index contributed by atoms with van der Waals surface area (Å²) in [6, 6.07) is 0. The van der Waals surface area contributed by atoms with Crippen molar-refractivity contribution in [3.05, 3.63) is 19.1 Å². The smallest absolute Gasteiger partial charge is 0.0468 e. The minimum absolute atomic E-state index is 0.593. The number of unbranched alkanes of at least 4 members (excludes halogenated alkanes) is 1. The monoisotopic (exact) mass is 127 g/mol. The van der Waals surface area contributed by atoms with E-state index in [9.17, 15) is 0 Å². The van der Waals surface area contributed by atoms with Crippen LogP contribution < -0.4 is 0 Å². The lowest BCUT2D eigenvalue weighted by Crippen LogP contribution is -1.91. The van der Waals surface area contributed by atoms with Crippen LogP contribution in [0.15, 0.2) is 12.2 Å². The molecule has 0 aliphatic carbocycles. The molecule has 0 aliphatic heterocycles. The lowest BCUT2D eigenvalue weighted by atomic mass is 10.3. The first-order valence-corrected chi connectivity index (χ1v) is 3.40. The van der Waals surface area contributed by atoms with Crippen LogP contribution in [0.1, 0.15) is 19.8 Å². The summed E-state index contributed by atoms with van der Waals surface area (Å²) in [6.07, 6.45) is 6.44. The van der Waals surface area contributed by atoms with E-state index in [1.165, 1.54) is 0 Å². The lowest BCUT2D eigenvalue weighted by molar-refractivity contribution is 0.159. The Balaban J connectivity index is 2.75. The second-order valence-corrected chi connectivity index (χ2v) is 1.82. The molecule has 0 aromatic heterocycles. The normalized spacial score (nSPS) is 10.9. The third kappa shape index (κ3) is 7.70. The van der Waals surface area contributed by atoms with Crippen molar-refractivity contribution in [1.29, 1.82) is 0 Å². The van der Waals surface area contributed by atoms with E-state index in [0.717, 1.165) is 19.4 Å². The molecule has 0 aliphatic rings. The lowest BCUT2D eigenvalue weighted by Gasteiger charge is -1.95. The van der Waals surface area contributed by atoms with Crippen LogP contribution in [0.5, 0.6) is 0 Å². The summed E-state index contributed by atoms with van der Waals surface area (Å²) in [5.74, 6) is 0. The van der Waals surface area contributed by atoms with Crippen molar-refractivity contribution < 1.29 is 4.74 Å². The highest BCUT2D eigenvalue weighted by atomic mass is 16.5.